The van der Waals surface area contributed by atoms with Gasteiger partial charge in [-0.05, 0) is 44.0 Å². The van der Waals surface area contributed by atoms with Crippen LogP contribution >= 0.6 is 0 Å². The summed E-state index contributed by atoms with van der Waals surface area (Å²) in [6.07, 6.45) is 0. The summed E-state index contributed by atoms with van der Waals surface area (Å²) in [4.78, 5) is 0.266. The molecule has 0 saturated carbocycles. The molecule has 6 heteroatoms. The van der Waals surface area contributed by atoms with Crippen molar-refractivity contribution in [1.82, 2.24) is 4.31 Å². The molecule has 2 N–H and O–H groups in total. The topological polar surface area (TPSA) is 72.6 Å². The quantitative estimate of drug-likeness (QED) is 0.831. The lowest BCUT2D eigenvalue weighted by atomic mass is 10.1. The maximum absolute atomic E-state index is 12.6. The second kappa shape index (κ2) is 5.11. The van der Waals surface area contributed by atoms with Gasteiger partial charge in [0.2, 0.25) is 10.0 Å². The van der Waals surface area contributed by atoms with E-state index in [1.807, 2.05) is 20.8 Å². The Bertz CT molecular complexity index is 561. The molecule has 1 aromatic carbocycles. The van der Waals surface area contributed by atoms with Crippen LogP contribution in [0.5, 0.6) is 0 Å². The summed E-state index contributed by atoms with van der Waals surface area (Å²) in [5.74, 6) is 0. The third-order valence-corrected chi connectivity index (χ3v) is 5.59. The van der Waals surface area contributed by atoms with Crippen molar-refractivity contribution >= 4 is 15.7 Å². The molecule has 2 rings (SSSR count). The van der Waals surface area contributed by atoms with Gasteiger partial charge >= 0.3 is 0 Å². The number of morpholine rings is 1. The third-order valence-electron chi connectivity index (χ3n) is 3.59. The summed E-state index contributed by atoms with van der Waals surface area (Å²) < 4.78 is 32.0. The van der Waals surface area contributed by atoms with Gasteiger partial charge in [0.15, 0.2) is 0 Å². The van der Waals surface area contributed by atoms with Crippen LogP contribution in [0.3, 0.4) is 0 Å². The van der Waals surface area contributed by atoms with Crippen molar-refractivity contribution in [3.05, 3.63) is 23.3 Å². The summed E-state index contributed by atoms with van der Waals surface area (Å²) in [7, 11) is -3.50. The maximum atomic E-state index is 12.6. The van der Waals surface area contributed by atoms with Gasteiger partial charge in [-0.2, -0.15) is 4.31 Å². The van der Waals surface area contributed by atoms with Crippen LogP contribution in [0.15, 0.2) is 17.0 Å². The molecule has 0 aliphatic carbocycles. The van der Waals surface area contributed by atoms with Crippen LogP contribution in [0.2, 0.25) is 0 Å². The number of nitrogens with zero attached hydrogens (tertiary/aromatic N) is 1. The fourth-order valence-corrected chi connectivity index (χ4v) is 3.93. The number of anilines is 1. The number of nitrogen functional groups attached to an aromatic ring is 1. The van der Waals surface area contributed by atoms with E-state index in [1.54, 1.807) is 12.1 Å². The number of rotatable bonds is 2. The zero-order valence-corrected chi connectivity index (χ0v) is 12.3. The molecule has 0 aromatic heterocycles. The highest BCUT2D eigenvalue weighted by Crippen LogP contribution is 2.26. The van der Waals surface area contributed by atoms with Crippen molar-refractivity contribution in [2.45, 2.75) is 31.7 Å². The molecule has 1 aliphatic heterocycles. The van der Waals surface area contributed by atoms with Crippen LogP contribution < -0.4 is 5.73 Å². The van der Waals surface area contributed by atoms with Gasteiger partial charge in [0, 0.05) is 18.3 Å². The molecule has 0 amide bonds. The smallest absolute Gasteiger partial charge is 0.243 e. The van der Waals surface area contributed by atoms with Crippen molar-refractivity contribution in [3.8, 4) is 0 Å². The fraction of sp³-hybridized carbons (Fsp3) is 0.538. The number of hydrogen-bond acceptors (Lipinski definition) is 4. The molecule has 0 bridgehead atoms. The summed E-state index contributed by atoms with van der Waals surface area (Å²) >= 11 is 0. The molecule has 1 heterocycles. The highest BCUT2D eigenvalue weighted by Gasteiger charge is 2.31. The second-order valence-electron chi connectivity index (χ2n) is 4.99. The van der Waals surface area contributed by atoms with Crippen LogP contribution in [0.1, 0.15) is 18.1 Å². The Labute approximate surface area is 114 Å². The van der Waals surface area contributed by atoms with Crippen LogP contribution in [-0.4, -0.2) is 38.5 Å². The lowest BCUT2D eigenvalue weighted by Crippen LogP contribution is -2.46. The molecule has 106 valence electrons. The van der Waals surface area contributed by atoms with Crippen molar-refractivity contribution in [2.24, 2.45) is 0 Å². The van der Waals surface area contributed by atoms with E-state index in [9.17, 15) is 8.42 Å². The molecule has 1 aliphatic rings. The fourth-order valence-electron chi connectivity index (χ4n) is 2.21. The van der Waals surface area contributed by atoms with Crippen LogP contribution in [0.4, 0.5) is 5.69 Å². The molecular formula is C13H20N2O3S. The minimum Gasteiger partial charge on any atom is -0.398 e. The van der Waals surface area contributed by atoms with E-state index in [0.29, 0.717) is 25.4 Å². The Morgan fingerprint density at radius 2 is 2.05 bits per heavy atom. The normalized spacial score (nSPS) is 21.5. The van der Waals surface area contributed by atoms with Gasteiger partial charge in [-0.3, -0.25) is 0 Å². The average molecular weight is 284 g/mol. The Balaban J connectivity index is 2.44. The summed E-state index contributed by atoms with van der Waals surface area (Å²) in [5.41, 5.74) is 8.20. The average Bonchev–Trinajstić information content (AvgIpc) is 2.35. The molecule has 0 radical (unpaired) electrons. The van der Waals surface area contributed by atoms with Crippen LogP contribution in [0.25, 0.3) is 0 Å². The van der Waals surface area contributed by atoms with Gasteiger partial charge in [0.1, 0.15) is 0 Å². The van der Waals surface area contributed by atoms with Gasteiger partial charge < -0.3 is 10.5 Å². The minimum atomic E-state index is -3.50. The summed E-state index contributed by atoms with van der Waals surface area (Å²) in [6, 6.07) is 3.07. The first kappa shape index (κ1) is 14.3. The Kier molecular flexibility index (Phi) is 3.85. The van der Waals surface area contributed by atoms with Crippen LogP contribution in [-0.2, 0) is 14.8 Å². The monoisotopic (exact) mass is 284 g/mol. The van der Waals surface area contributed by atoms with Crippen molar-refractivity contribution in [2.75, 3.05) is 25.5 Å². The first-order valence-corrected chi connectivity index (χ1v) is 7.74. The van der Waals surface area contributed by atoms with Crippen molar-refractivity contribution < 1.29 is 13.2 Å². The Morgan fingerprint density at radius 3 is 2.63 bits per heavy atom. The van der Waals surface area contributed by atoms with E-state index >= 15 is 0 Å². The third kappa shape index (κ3) is 2.61. The van der Waals surface area contributed by atoms with E-state index in [4.69, 9.17) is 10.5 Å². The largest absolute Gasteiger partial charge is 0.398 e. The van der Waals surface area contributed by atoms with Gasteiger partial charge in [-0.15, -0.1) is 0 Å². The number of hydrogen-bond donors (Lipinski definition) is 1. The van der Waals surface area contributed by atoms with Crippen molar-refractivity contribution in [3.63, 3.8) is 0 Å². The van der Waals surface area contributed by atoms with E-state index in [-0.39, 0.29) is 10.9 Å². The number of sulfonamides is 1. The van der Waals surface area contributed by atoms with Gasteiger partial charge in [-0.25, -0.2) is 8.42 Å². The zero-order valence-electron chi connectivity index (χ0n) is 11.5. The standard InChI is InChI=1S/C13H20N2O3S/c1-9-6-12(7-13(14)11(9)3)19(16,17)15-4-5-18-8-10(15)2/h6-7,10H,4-5,8,14H2,1-3H3. The molecule has 1 unspecified atom stereocenters. The highest BCUT2D eigenvalue weighted by atomic mass is 32.2. The first-order chi connectivity index (χ1) is 8.84. The summed E-state index contributed by atoms with van der Waals surface area (Å²) in [5, 5.41) is 0. The van der Waals surface area contributed by atoms with Gasteiger partial charge in [0.05, 0.1) is 18.1 Å². The summed E-state index contributed by atoms with van der Waals surface area (Å²) in [6.45, 7) is 6.85. The van der Waals surface area contributed by atoms with Gasteiger partial charge in [-0.1, -0.05) is 0 Å². The van der Waals surface area contributed by atoms with Crippen LogP contribution in [0, 0.1) is 13.8 Å². The lowest BCUT2D eigenvalue weighted by Gasteiger charge is -2.32. The number of benzene rings is 1. The van der Waals surface area contributed by atoms with E-state index < -0.39 is 10.0 Å². The van der Waals surface area contributed by atoms with Gasteiger partial charge in [0.25, 0.3) is 0 Å². The zero-order chi connectivity index (χ0) is 14.2. The molecule has 1 fully saturated rings. The molecule has 1 atom stereocenters. The van der Waals surface area contributed by atoms with E-state index in [0.717, 1.165) is 11.1 Å². The predicted octanol–water partition coefficient (Wildman–Crippen LogP) is 1.30. The van der Waals surface area contributed by atoms with Crippen molar-refractivity contribution in [1.29, 1.82) is 0 Å². The van der Waals surface area contributed by atoms with E-state index in [1.165, 1.54) is 4.31 Å². The first-order valence-electron chi connectivity index (χ1n) is 6.30. The Hall–Kier alpha value is -1.11. The maximum Gasteiger partial charge on any atom is 0.243 e. The number of nitrogens with two attached hydrogens (primary N) is 1. The lowest BCUT2D eigenvalue weighted by molar-refractivity contribution is 0.0393. The molecule has 1 saturated heterocycles. The molecular weight excluding hydrogens is 264 g/mol. The minimum absolute atomic E-state index is 0.151. The SMILES string of the molecule is Cc1cc(S(=O)(=O)N2CCOCC2C)cc(N)c1C. The second-order valence-corrected chi connectivity index (χ2v) is 6.88. The highest BCUT2D eigenvalue weighted by molar-refractivity contribution is 7.89. The Morgan fingerprint density at radius 1 is 1.37 bits per heavy atom. The molecule has 5 nitrogen and oxygen atoms in total. The predicted molar refractivity (Wildman–Crippen MR) is 74.5 cm³/mol. The van der Waals surface area contributed by atoms with E-state index in [2.05, 4.69) is 0 Å². The molecule has 1 aromatic rings. The molecule has 19 heavy (non-hydrogen) atoms. The number of aryl methyl sites for hydroxylation is 1. The molecule has 0 spiro atoms. The number of ether oxygens (including phenoxy) is 1.